The minimum Gasteiger partial charge on any atom is -0.364 e. The summed E-state index contributed by atoms with van der Waals surface area (Å²) in [5.74, 6) is 2.95. The number of imidazole rings is 1. The monoisotopic (exact) mass is 478 g/mol. The molecule has 7 nitrogen and oxygen atoms in total. The van der Waals surface area contributed by atoms with Gasteiger partial charge in [0.25, 0.3) is 0 Å². The van der Waals surface area contributed by atoms with Gasteiger partial charge in [-0.25, -0.2) is 14.8 Å². The first-order valence-electron chi connectivity index (χ1n) is 11.3. The highest BCUT2D eigenvalue weighted by atomic mass is 35.5. The average Bonchev–Trinajstić information content (AvgIpc) is 3.50. The number of halogens is 2. The van der Waals surface area contributed by atoms with Gasteiger partial charge in [-0.05, 0) is 24.8 Å². The molecule has 1 aromatic rings. The number of fused-ring (bicyclic) bond motifs is 3. The Balaban J connectivity index is 0.00000144. The van der Waals surface area contributed by atoms with Gasteiger partial charge in [-0.15, -0.1) is 24.8 Å². The van der Waals surface area contributed by atoms with E-state index in [1.807, 2.05) is 15.2 Å². The molecule has 4 aliphatic rings. The highest BCUT2D eigenvalue weighted by Crippen LogP contribution is 2.37. The zero-order chi connectivity index (χ0) is 20.5. The van der Waals surface area contributed by atoms with Gasteiger partial charge in [0.15, 0.2) is 5.82 Å². The maximum absolute atomic E-state index is 13.2. The van der Waals surface area contributed by atoms with Crippen molar-refractivity contribution >= 4 is 30.6 Å². The van der Waals surface area contributed by atoms with Gasteiger partial charge >= 0.3 is 5.69 Å². The predicted octanol–water partition coefficient (Wildman–Crippen LogP) is 4.04. The smallest absolute Gasteiger partial charge is 0.331 e. The standard InChI is InChI=1S/C23H30N6O.2ClH/c1-2-12-28-22-19(26-20(27-22)17-10-6-7-11-17)21-25-18(15-29(21)23(28)30)14-24-13-16-8-4-3-5-9-16;;/h3-5,8-9,17-18,24-25H,2,6-7,10-15H2,1H3;2*1H. The van der Waals surface area contributed by atoms with Crippen molar-refractivity contribution in [2.45, 2.75) is 70.6 Å². The minimum atomic E-state index is 0. The fourth-order valence-electron chi connectivity index (χ4n) is 4.83. The molecule has 0 aromatic heterocycles. The first kappa shape index (κ1) is 24.6. The summed E-state index contributed by atoms with van der Waals surface area (Å²) in [5.41, 5.74) is 2.14. The van der Waals surface area contributed by atoms with Crippen LogP contribution in [0.1, 0.15) is 56.3 Å². The molecule has 9 heteroatoms. The van der Waals surface area contributed by atoms with Gasteiger partial charge in [-0.2, -0.15) is 0 Å². The molecule has 1 aliphatic carbocycles. The molecule has 1 aromatic carbocycles. The van der Waals surface area contributed by atoms with Gasteiger partial charge in [0.2, 0.25) is 0 Å². The fourth-order valence-corrected chi connectivity index (χ4v) is 4.83. The lowest BCUT2D eigenvalue weighted by molar-refractivity contribution is 0.536. The van der Waals surface area contributed by atoms with Crippen LogP contribution in [0.2, 0.25) is 0 Å². The Kier molecular flexibility index (Phi) is 8.20. The third kappa shape index (κ3) is 4.65. The molecule has 3 aliphatic heterocycles. The third-order valence-electron chi connectivity index (χ3n) is 6.34. The van der Waals surface area contributed by atoms with E-state index in [0.717, 1.165) is 55.5 Å². The number of rotatable bonds is 7. The lowest BCUT2D eigenvalue weighted by atomic mass is 10.1. The number of nitrogens with one attached hydrogen (secondary N) is 2. The van der Waals surface area contributed by atoms with Gasteiger partial charge < -0.3 is 10.6 Å². The maximum atomic E-state index is 13.2. The van der Waals surface area contributed by atoms with Crippen molar-refractivity contribution in [2.24, 2.45) is 0 Å². The van der Waals surface area contributed by atoms with E-state index in [1.54, 1.807) is 0 Å². The first-order valence-corrected chi connectivity index (χ1v) is 11.3. The Morgan fingerprint density at radius 3 is 2.59 bits per heavy atom. The quantitative estimate of drug-likeness (QED) is 0.535. The summed E-state index contributed by atoms with van der Waals surface area (Å²) in [5, 5.41) is 7.08. The SMILES string of the molecule is CCCn1c2nc(C3CCCC3)nc-2c2n(c1=O)CC(CNCc1ccccc1)N2.Cl.Cl. The van der Waals surface area contributed by atoms with Gasteiger partial charge in [0.1, 0.15) is 17.3 Å². The second kappa shape index (κ2) is 10.7. The summed E-state index contributed by atoms with van der Waals surface area (Å²) in [6.07, 6.45) is 5.71. The van der Waals surface area contributed by atoms with Crippen LogP contribution >= 0.6 is 24.8 Å². The molecule has 0 bridgehead atoms. The Morgan fingerprint density at radius 1 is 1.12 bits per heavy atom. The highest BCUT2D eigenvalue weighted by Gasteiger charge is 2.33. The molecule has 1 fully saturated rings. The Labute approximate surface area is 201 Å². The van der Waals surface area contributed by atoms with E-state index in [2.05, 4.69) is 41.8 Å². The number of aromatic nitrogens is 4. The number of nitrogens with zero attached hydrogens (tertiary/aromatic N) is 4. The van der Waals surface area contributed by atoms with Gasteiger partial charge in [0.05, 0.1) is 12.6 Å². The highest BCUT2D eigenvalue weighted by molar-refractivity contribution is 5.85. The van der Waals surface area contributed by atoms with Crippen LogP contribution in [0.15, 0.2) is 35.1 Å². The normalized spacial score (nSPS) is 17.6. The maximum Gasteiger partial charge on any atom is 0.331 e. The number of hydrogen-bond acceptors (Lipinski definition) is 5. The van der Waals surface area contributed by atoms with Crippen LogP contribution in [0.5, 0.6) is 0 Å². The summed E-state index contributed by atoms with van der Waals surface area (Å²) in [6.45, 7) is 5.03. The van der Waals surface area contributed by atoms with Gasteiger partial charge in [-0.1, -0.05) is 50.1 Å². The minimum absolute atomic E-state index is 0. The van der Waals surface area contributed by atoms with E-state index in [9.17, 15) is 4.79 Å². The topological polar surface area (TPSA) is 76.8 Å². The molecular weight excluding hydrogens is 447 g/mol. The molecule has 0 amide bonds. The number of hydrogen-bond donors (Lipinski definition) is 2. The second-order valence-electron chi connectivity index (χ2n) is 8.59. The molecule has 1 atom stereocenters. The van der Waals surface area contributed by atoms with E-state index in [4.69, 9.17) is 9.97 Å². The van der Waals surface area contributed by atoms with E-state index in [1.165, 1.54) is 18.4 Å². The van der Waals surface area contributed by atoms with Gasteiger partial charge in [-0.3, -0.25) is 9.13 Å². The van der Waals surface area contributed by atoms with Crippen LogP contribution in [0.3, 0.4) is 0 Å². The summed E-state index contributed by atoms with van der Waals surface area (Å²) >= 11 is 0. The van der Waals surface area contributed by atoms with Crippen molar-refractivity contribution in [3.63, 3.8) is 0 Å². The third-order valence-corrected chi connectivity index (χ3v) is 6.34. The molecule has 174 valence electrons. The van der Waals surface area contributed by atoms with Crippen LogP contribution in [0, 0.1) is 0 Å². The van der Waals surface area contributed by atoms with Crippen LogP contribution in [-0.4, -0.2) is 31.7 Å². The van der Waals surface area contributed by atoms with Crippen molar-refractivity contribution < 1.29 is 0 Å². The zero-order valence-electron chi connectivity index (χ0n) is 18.4. The summed E-state index contributed by atoms with van der Waals surface area (Å²) in [6, 6.07) is 10.5. The molecule has 1 saturated carbocycles. The Morgan fingerprint density at radius 2 is 1.88 bits per heavy atom. The Bertz CT molecular complexity index is 1040. The molecule has 2 N–H and O–H groups in total. The lowest BCUT2D eigenvalue weighted by Gasteiger charge is -2.13. The summed E-state index contributed by atoms with van der Waals surface area (Å²) in [4.78, 5) is 23.0. The van der Waals surface area contributed by atoms with Crippen molar-refractivity contribution in [1.29, 1.82) is 0 Å². The van der Waals surface area contributed by atoms with Crippen LogP contribution in [0.25, 0.3) is 11.5 Å². The lowest BCUT2D eigenvalue weighted by Crippen LogP contribution is -2.34. The molecule has 0 radical (unpaired) electrons. The molecule has 1 unspecified atom stereocenters. The number of benzene rings is 1. The largest absolute Gasteiger partial charge is 0.364 e. The molecule has 0 spiro atoms. The summed E-state index contributed by atoms with van der Waals surface area (Å²) in [7, 11) is 0. The van der Waals surface area contributed by atoms with E-state index in [0.29, 0.717) is 19.0 Å². The summed E-state index contributed by atoms with van der Waals surface area (Å²) < 4.78 is 3.69. The first-order chi connectivity index (χ1) is 14.7. The molecule has 32 heavy (non-hydrogen) atoms. The fraction of sp³-hybridized carbons (Fsp3) is 0.522. The van der Waals surface area contributed by atoms with Crippen molar-refractivity contribution in [3.8, 4) is 11.5 Å². The van der Waals surface area contributed by atoms with E-state index < -0.39 is 0 Å². The van der Waals surface area contributed by atoms with E-state index in [-0.39, 0.29) is 36.5 Å². The van der Waals surface area contributed by atoms with Crippen molar-refractivity contribution in [3.05, 3.63) is 52.2 Å². The Hall–Kier alpha value is -2.09. The van der Waals surface area contributed by atoms with Crippen molar-refractivity contribution in [2.75, 3.05) is 11.9 Å². The molecule has 5 rings (SSSR count). The van der Waals surface area contributed by atoms with Crippen LogP contribution in [0.4, 0.5) is 5.82 Å². The second-order valence-corrected chi connectivity index (χ2v) is 8.59. The number of anilines is 1. The molecular formula is C23H32Cl2N6O. The van der Waals surface area contributed by atoms with Crippen LogP contribution < -0.4 is 16.3 Å². The van der Waals surface area contributed by atoms with Gasteiger partial charge in [0, 0.05) is 25.6 Å². The molecule has 3 heterocycles. The van der Waals surface area contributed by atoms with Crippen LogP contribution in [-0.2, 0) is 19.6 Å². The van der Waals surface area contributed by atoms with E-state index >= 15 is 0 Å². The predicted molar refractivity (Wildman–Crippen MR) is 132 cm³/mol. The van der Waals surface area contributed by atoms with Crippen molar-refractivity contribution in [1.82, 2.24) is 24.4 Å². The molecule has 0 saturated heterocycles. The zero-order valence-corrected chi connectivity index (χ0v) is 20.1. The average molecular weight is 479 g/mol.